The van der Waals surface area contributed by atoms with Crippen LogP contribution >= 0.6 is 23.4 Å². The van der Waals surface area contributed by atoms with E-state index >= 15 is 0 Å². The number of esters is 1. The van der Waals surface area contributed by atoms with Crippen molar-refractivity contribution < 1.29 is 28.5 Å². The second-order valence-electron chi connectivity index (χ2n) is 7.76. The van der Waals surface area contributed by atoms with Gasteiger partial charge in [-0.3, -0.25) is 0 Å². The number of thioether (sulfide) groups is 1. The molecule has 1 N–H and O–H groups in total. The zero-order valence-electron chi connectivity index (χ0n) is 20.0. The number of para-hydroxylation sites is 1. The Morgan fingerprint density at radius 3 is 2.54 bits per heavy atom. The van der Waals surface area contributed by atoms with E-state index in [-0.39, 0.29) is 35.4 Å². The lowest BCUT2D eigenvalue weighted by molar-refractivity contribution is -0.138. The summed E-state index contributed by atoms with van der Waals surface area (Å²) >= 11 is 7.65. The molecular weight excluding hydrogens is 517 g/mol. The highest BCUT2D eigenvalue weighted by Crippen LogP contribution is 2.42. The van der Waals surface area contributed by atoms with E-state index in [9.17, 15) is 14.3 Å². The summed E-state index contributed by atoms with van der Waals surface area (Å²) in [6, 6.07) is 18.4. The molecular formula is C28H23ClFNO5S. The fourth-order valence-corrected chi connectivity index (χ4v) is 4.77. The van der Waals surface area contributed by atoms with Crippen molar-refractivity contribution in [1.82, 2.24) is 0 Å². The highest BCUT2D eigenvalue weighted by atomic mass is 35.5. The van der Waals surface area contributed by atoms with Crippen molar-refractivity contribution in [1.29, 1.82) is 0 Å². The number of aliphatic hydroxyl groups is 1. The van der Waals surface area contributed by atoms with Crippen molar-refractivity contribution in [3.05, 3.63) is 105 Å². The number of rotatable bonds is 8. The Bertz CT molecular complexity index is 1390. The minimum absolute atomic E-state index is 0.000679. The molecule has 1 aliphatic heterocycles. The molecule has 190 valence electrons. The molecule has 37 heavy (non-hydrogen) atoms. The Morgan fingerprint density at radius 1 is 1.14 bits per heavy atom. The van der Waals surface area contributed by atoms with E-state index in [2.05, 4.69) is 4.99 Å². The van der Waals surface area contributed by atoms with Crippen LogP contribution in [0, 0.1) is 5.82 Å². The molecule has 0 fully saturated rings. The van der Waals surface area contributed by atoms with Crippen LogP contribution in [0.25, 0.3) is 6.08 Å². The van der Waals surface area contributed by atoms with Gasteiger partial charge in [-0.1, -0.05) is 53.7 Å². The Morgan fingerprint density at radius 2 is 1.86 bits per heavy atom. The van der Waals surface area contributed by atoms with E-state index in [4.69, 9.17) is 25.8 Å². The molecule has 3 aromatic carbocycles. The van der Waals surface area contributed by atoms with Crippen molar-refractivity contribution >= 4 is 46.1 Å². The molecule has 4 rings (SSSR count). The van der Waals surface area contributed by atoms with Gasteiger partial charge >= 0.3 is 5.97 Å². The lowest BCUT2D eigenvalue weighted by Crippen LogP contribution is -2.12. The number of aliphatic imine (C=N–C) groups is 1. The van der Waals surface area contributed by atoms with Crippen LogP contribution in [0.2, 0.25) is 5.02 Å². The van der Waals surface area contributed by atoms with Crippen molar-refractivity contribution in [3.63, 3.8) is 0 Å². The van der Waals surface area contributed by atoms with Gasteiger partial charge in [0.1, 0.15) is 28.8 Å². The maximum absolute atomic E-state index is 13.2. The highest BCUT2D eigenvalue weighted by molar-refractivity contribution is 8.18. The van der Waals surface area contributed by atoms with E-state index in [0.29, 0.717) is 32.7 Å². The average molecular weight is 540 g/mol. The van der Waals surface area contributed by atoms with Gasteiger partial charge in [-0.2, -0.15) is 0 Å². The molecule has 1 heterocycles. The summed E-state index contributed by atoms with van der Waals surface area (Å²) in [5, 5.41) is 11.5. The lowest BCUT2D eigenvalue weighted by Gasteiger charge is -2.13. The third-order valence-corrected chi connectivity index (χ3v) is 6.50. The smallest absolute Gasteiger partial charge is 0.344 e. The van der Waals surface area contributed by atoms with Crippen LogP contribution in [0.3, 0.4) is 0 Å². The third-order valence-electron chi connectivity index (χ3n) is 5.20. The van der Waals surface area contributed by atoms with Gasteiger partial charge in [-0.15, -0.1) is 0 Å². The number of aliphatic hydroxyl groups excluding tert-OH is 1. The molecule has 6 nitrogen and oxygen atoms in total. The van der Waals surface area contributed by atoms with Gasteiger partial charge in [0.25, 0.3) is 0 Å². The number of ether oxygens (including phenoxy) is 3. The second-order valence-corrected chi connectivity index (χ2v) is 9.19. The molecule has 0 aliphatic carbocycles. The van der Waals surface area contributed by atoms with Crippen LogP contribution in [0.4, 0.5) is 10.1 Å². The summed E-state index contributed by atoms with van der Waals surface area (Å²) in [5.74, 6) is -0.526. The molecule has 0 amide bonds. The molecule has 0 unspecified atom stereocenters. The Kier molecular flexibility index (Phi) is 8.53. The first-order valence-corrected chi connectivity index (χ1v) is 12.5. The minimum Gasteiger partial charge on any atom is -0.506 e. The summed E-state index contributed by atoms with van der Waals surface area (Å²) in [6.07, 6.45) is 1.67. The third kappa shape index (κ3) is 6.34. The summed E-state index contributed by atoms with van der Waals surface area (Å²) in [7, 11) is 1.48. The molecule has 1 aliphatic rings. The summed E-state index contributed by atoms with van der Waals surface area (Å²) in [4.78, 5) is 17.6. The maximum Gasteiger partial charge on any atom is 0.344 e. The van der Waals surface area contributed by atoms with Crippen molar-refractivity contribution in [3.8, 4) is 11.5 Å². The molecule has 0 spiro atoms. The van der Waals surface area contributed by atoms with Crippen molar-refractivity contribution in [2.24, 2.45) is 4.99 Å². The van der Waals surface area contributed by atoms with E-state index in [1.807, 2.05) is 18.2 Å². The average Bonchev–Trinajstić information content (AvgIpc) is 3.19. The maximum atomic E-state index is 13.2. The first kappa shape index (κ1) is 26.3. The van der Waals surface area contributed by atoms with E-state index in [1.54, 1.807) is 49.4 Å². The highest BCUT2D eigenvalue weighted by Gasteiger charge is 2.33. The van der Waals surface area contributed by atoms with Crippen molar-refractivity contribution in [2.75, 3.05) is 13.7 Å². The van der Waals surface area contributed by atoms with E-state index in [1.165, 1.54) is 19.2 Å². The van der Waals surface area contributed by atoms with Crippen LogP contribution < -0.4 is 9.47 Å². The quantitative estimate of drug-likeness (QED) is 0.303. The number of carbonyl (C=O) groups is 1. The van der Waals surface area contributed by atoms with Gasteiger partial charge in [0.2, 0.25) is 0 Å². The molecule has 0 saturated carbocycles. The number of nitrogens with zero attached hydrogens (tertiary/aromatic N) is 1. The van der Waals surface area contributed by atoms with Gasteiger partial charge in [-0.05, 0) is 60.5 Å². The first-order valence-electron chi connectivity index (χ1n) is 11.3. The SMILES string of the molecule is CCOC(=O)C1=C(O)/C(=C/c2cc(Cl)c(OCc3ccc(F)cc3)c(OC)c2)SC1=Nc1ccccc1. The number of hydrogen-bond acceptors (Lipinski definition) is 7. The van der Waals surface area contributed by atoms with E-state index < -0.39 is 5.97 Å². The first-order chi connectivity index (χ1) is 17.9. The van der Waals surface area contributed by atoms with Crippen LogP contribution in [-0.4, -0.2) is 29.8 Å². The number of halogens is 2. The molecule has 0 saturated heterocycles. The predicted octanol–water partition coefficient (Wildman–Crippen LogP) is 7.26. The molecule has 0 bridgehead atoms. The fourth-order valence-electron chi connectivity index (χ4n) is 3.46. The summed E-state index contributed by atoms with van der Waals surface area (Å²) in [5.41, 5.74) is 2.00. The van der Waals surface area contributed by atoms with E-state index in [0.717, 1.165) is 17.3 Å². The Hall–Kier alpha value is -3.75. The molecule has 0 radical (unpaired) electrons. The molecule has 9 heteroatoms. The second kappa shape index (κ2) is 12.0. The summed E-state index contributed by atoms with van der Waals surface area (Å²) < 4.78 is 29.6. The van der Waals surface area contributed by atoms with Crippen LogP contribution in [0.15, 0.2) is 88.0 Å². The largest absolute Gasteiger partial charge is 0.506 e. The van der Waals surface area contributed by atoms with Gasteiger partial charge in [0, 0.05) is 0 Å². The Balaban J connectivity index is 1.65. The Labute approximate surface area is 223 Å². The zero-order valence-corrected chi connectivity index (χ0v) is 21.6. The number of methoxy groups -OCH3 is 1. The van der Waals surface area contributed by atoms with Crippen LogP contribution in [-0.2, 0) is 16.1 Å². The van der Waals surface area contributed by atoms with Gasteiger partial charge in [0.15, 0.2) is 11.5 Å². The van der Waals surface area contributed by atoms with Crippen molar-refractivity contribution in [2.45, 2.75) is 13.5 Å². The molecule has 0 aromatic heterocycles. The standard InChI is InChI=1S/C28H23ClFNO5S/c1-3-35-28(33)24-25(32)23(37-27(24)31-20-7-5-4-6-8-20)15-18-13-21(29)26(22(14-18)34-2)36-16-17-9-11-19(30)12-10-17/h4-15,32H,3,16H2,1-2H3/b23-15-,31-27?. The van der Waals surface area contributed by atoms with Crippen LogP contribution in [0.1, 0.15) is 18.1 Å². The van der Waals surface area contributed by atoms with Gasteiger partial charge < -0.3 is 19.3 Å². The van der Waals surface area contributed by atoms with Crippen LogP contribution in [0.5, 0.6) is 11.5 Å². The summed E-state index contributed by atoms with van der Waals surface area (Å²) in [6.45, 7) is 2.01. The number of carbonyl (C=O) groups excluding carboxylic acids is 1. The lowest BCUT2D eigenvalue weighted by atomic mass is 10.1. The molecule has 0 atom stereocenters. The minimum atomic E-state index is -0.661. The van der Waals surface area contributed by atoms with Gasteiger partial charge in [-0.25, -0.2) is 14.2 Å². The fraction of sp³-hybridized carbons (Fsp3) is 0.143. The number of benzene rings is 3. The predicted molar refractivity (Wildman–Crippen MR) is 144 cm³/mol. The monoisotopic (exact) mass is 539 g/mol. The topological polar surface area (TPSA) is 77.4 Å². The van der Waals surface area contributed by atoms with Gasteiger partial charge in [0.05, 0.1) is 29.3 Å². The molecule has 3 aromatic rings. The zero-order chi connectivity index (χ0) is 26.4. The number of hydrogen-bond donors (Lipinski definition) is 1. The normalized spacial score (nSPS) is 15.4.